The molecule has 0 spiro atoms. The zero-order chi connectivity index (χ0) is 21.3. The van der Waals surface area contributed by atoms with E-state index in [1.807, 2.05) is 13.1 Å². The van der Waals surface area contributed by atoms with Gasteiger partial charge in [0, 0.05) is 29.3 Å². The van der Waals surface area contributed by atoms with Crippen LogP contribution in [-0.4, -0.2) is 15.7 Å². The van der Waals surface area contributed by atoms with E-state index >= 15 is 0 Å². The van der Waals surface area contributed by atoms with Gasteiger partial charge in [0.2, 0.25) is 0 Å². The van der Waals surface area contributed by atoms with Crippen LogP contribution in [0.15, 0.2) is 72.8 Å². The van der Waals surface area contributed by atoms with Crippen molar-refractivity contribution in [3.05, 3.63) is 94.5 Å². The van der Waals surface area contributed by atoms with Crippen LogP contribution >= 0.6 is 11.6 Å². The van der Waals surface area contributed by atoms with Gasteiger partial charge < -0.3 is 5.32 Å². The third kappa shape index (κ3) is 4.14. The summed E-state index contributed by atoms with van der Waals surface area (Å²) in [6, 6.07) is 23.5. The molecule has 150 valence electrons. The van der Waals surface area contributed by atoms with Crippen molar-refractivity contribution in [2.75, 3.05) is 5.32 Å². The van der Waals surface area contributed by atoms with Gasteiger partial charge >= 0.3 is 0 Å². The highest BCUT2D eigenvalue weighted by atomic mass is 35.5. The number of carbonyl (C=O) groups excluding carboxylic acids is 1. The van der Waals surface area contributed by atoms with E-state index in [0.717, 1.165) is 16.8 Å². The fourth-order valence-electron chi connectivity index (χ4n) is 3.38. The number of nitrogens with one attached hydrogen (secondary N) is 1. The van der Waals surface area contributed by atoms with Crippen LogP contribution in [0.2, 0.25) is 5.02 Å². The Morgan fingerprint density at radius 2 is 1.57 bits per heavy atom. The number of benzene rings is 3. The van der Waals surface area contributed by atoms with Crippen LogP contribution in [0.25, 0.3) is 22.4 Å². The van der Waals surface area contributed by atoms with Crippen molar-refractivity contribution >= 4 is 23.3 Å². The summed E-state index contributed by atoms with van der Waals surface area (Å²) >= 11 is 5.90. The maximum Gasteiger partial charge on any atom is 0.256 e. The molecule has 0 saturated heterocycles. The fraction of sp³-hybridized carbons (Fsp3) is 0.120. The second-order valence-electron chi connectivity index (χ2n) is 7.40. The SMILES string of the molecule is Cc1ccc(-c2ccc(-c3cc(NC(=O)c4ccc(Cl)cc4)n(C)n3)c(C)c2)cc1. The molecule has 5 heteroatoms. The monoisotopic (exact) mass is 415 g/mol. The van der Waals surface area contributed by atoms with Gasteiger partial charge in [-0.25, -0.2) is 0 Å². The highest BCUT2D eigenvalue weighted by Crippen LogP contribution is 2.29. The number of hydrogen-bond acceptors (Lipinski definition) is 2. The van der Waals surface area contributed by atoms with Crippen LogP contribution in [0.4, 0.5) is 5.82 Å². The summed E-state index contributed by atoms with van der Waals surface area (Å²) in [7, 11) is 1.82. The molecule has 0 radical (unpaired) electrons. The first kappa shape index (κ1) is 19.9. The van der Waals surface area contributed by atoms with E-state index in [-0.39, 0.29) is 5.91 Å². The molecule has 0 unspecified atom stereocenters. The number of anilines is 1. The lowest BCUT2D eigenvalue weighted by atomic mass is 9.98. The number of aromatic nitrogens is 2. The first-order chi connectivity index (χ1) is 14.4. The molecule has 0 aliphatic heterocycles. The Hall–Kier alpha value is -3.37. The van der Waals surface area contributed by atoms with Crippen LogP contribution in [-0.2, 0) is 7.05 Å². The number of hydrogen-bond donors (Lipinski definition) is 1. The summed E-state index contributed by atoms with van der Waals surface area (Å²) < 4.78 is 1.68. The van der Waals surface area contributed by atoms with Gasteiger partial charge in [-0.1, -0.05) is 59.6 Å². The maximum atomic E-state index is 12.5. The largest absolute Gasteiger partial charge is 0.307 e. The Morgan fingerprint density at radius 3 is 2.23 bits per heavy atom. The predicted octanol–water partition coefficient (Wildman–Crippen LogP) is 6.28. The van der Waals surface area contributed by atoms with E-state index < -0.39 is 0 Å². The van der Waals surface area contributed by atoms with Crippen molar-refractivity contribution < 1.29 is 4.79 Å². The molecule has 0 saturated carbocycles. The quantitative estimate of drug-likeness (QED) is 0.426. The molecule has 0 fully saturated rings. The normalized spacial score (nSPS) is 10.8. The van der Waals surface area contributed by atoms with Crippen LogP contribution < -0.4 is 5.32 Å². The van der Waals surface area contributed by atoms with E-state index in [4.69, 9.17) is 11.6 Å². The number of amides is 1. The van der Waals surface area contributed by atoms with Crippen molar-refractivity contribution in [3.63, 3.8) is 0 Å². The second kappa shape index (κ2) is 8.17. The lowest BCUT2D eigenvalue weighted by Crippen LogP contribution is -2.14. The van der Waals surface area contributed by atoms with E-state index in [1.165, 1.54) is 16.7 Å². The maximum absolute atomic E-state index is 12.5. The van der Waals surface area contributed by atoms with Crippen LogP contribution in [0.5, 0.6) is 0 Å². The van der Waals surface area contributed by atoms with Gasteiger partial charge in [0.1, 0.15) is 5.82 Å². The van der Waals surface area contributed by atoms with Gasteiger partial charge in [-0.2, -0.15) is 5.10 Å². The first-order valence-corrected chi connectivity index (χ1v) is 10.1. The Bertz CT molecular complexity index is 1210. The smallest absolute Gasteiger partial charge is 0.256 e. The first-order valence-electron chi connectivity index (χ1n) is 9.70. The number of aryl methyl sites for hydroxylation is 3. The Kier molecular flexibility index (Phi) is 5.42. The van der Waals surface area contributed by atoms with Gasteiger partial charge in [0.25, 0.3) is 5.91 Å². The third-order valence-electron chi connectivity index (χ3n) is 5.12. The number of halogens is 1. The lowest BCUT2D eigenvalue weighted by molar-refractivity contribution is 0.102. The van der Waals surface area contributed by atoms with Gasteiger partial charge in [-0.15, -0.1) is 0 Å². The lowest BCUT2D eigenvalue weighted by Gasteiger charge is -2.07. The second-order valence-corrected chi connectivity index (χ2v) is 7.83. The number of nitrogens with zero attached hydrogens (tertiary/aromatic N) is 2. The third-order valence-corrected chi connectivity index (χ3v) is 5.37. The van der Waals surface area contributed by atoms with E-state index in [2.05, 4.69) is 66.7 Å². The summed E-state index contributed by atoms with van der Waals surface area (Å²) in [6.07, 6.45) is 0. The number of rotatable bonds is 4. The Balaban J connectivity index is 1.58. The van der Waals surface area contributed by atoms with Crippen LogP contribution in [0.1, 0.15) is 21.5 Å². The molecule has 0 aliphatic rings. The molecule has 1 heterocycles. The average Bonchev–Trinajstić information content (AvgIpc) is 3.09. The topological polar surface area (TPSA) is 46.9 Å². The van der Waals surface area contributed by atoms with Crippen LogP contribution in [0.3, 0.4) is 0 Å². The molecule has 1 amide bonds. The molecule has 4 aromatic rings. The van der Waals surface area contributed by atoms with Crippen LogP contribution in [0, 0.1) is 13.8 Å². The van der Waals surface area contributed by atoms with E-state index in [9.17, 15) is 4.79 Å². The molecule has 4 nitrogen and oxygen atoms in total. The van der Waals surface area contributed by atoms with E-state index in [1.54, 1.807) is 28.9 Å². The molecule has 3 aromatic carbocycles. The molecular formula is C25H22ClN3O. The summed E-state index contributed by atoms with van der Waals surface area (Å²) in [5.41, 5.74) is 7.12. The highest BCUT2D eigenvalue weighted by Gasteiger charge is 2.13. The minimum atomic E-state index is -0.201. The predicted molar refractivity (Wildman–Crippen MR) is 123 cm³/mol. The molecule has 0 atom stereocenters. The van der Waals surface area contributed by atoms with Crippen molar-refractivity contribution in [2.45, 2.75) is 13.8 Å². The van der Waals surface area contributed by atoms with Crippen molar-refractivity contribution in [1.82, 2.24) is 9.78 Å². The number of carbonyl (C=O) groups is 1. The standard InChI is InChI=1S/C25H22ClN3O/c1-16-4-6-18(7-5-16)20-10-13-22(17(2)14-20)23-15-24(29(3)28-23)27-25(30)19-8-11-21(26)12-9-19/h4-15H,1-3H3,(H,27,30). The molecule has 0 bridgehead atoms. The molecule has 4 rings (SSSR count). The zero-order valence-corrected chi connectivity index (χ0v) is 17.9. The molecule has 1 aromatic heterocycles. The summed E-state index contributed by atoms with van der Waals surface area (Å²) in [6.45, 7) is 4.16. The Morgan fingerprint density at radius 1 is 0.900 bits per heavy atom. The zero-order valence-electron chi connectivity index (χ0n) is 17.1. The average molecular weight is 416 g/mol. The summed E-state index contributed by atoms with van der Waals surface area (Å²) in [5.74, 6) is 0.430. The molecule has 30 heavy (non-hydrogen) atoms. The minimum Gasteiger partial charge on any atom is -0.307 e. The minimum absolute atomic E-state index is 0.201. The van der Waals surface area contributed by atoms with E-state index in [0.29, 0.717) is 16.4 Å². The van der Waals surface area contributed by atoms with Crippen molar-refractivity contribution in [2.24, 2.45) is 7.05 Å². The molecular weight excluding hydrogens is 394 g/mol. The van der Waals surface area contributed by atoms with Gasteiger partial charge in [0.15, 0.2) is 0 Å². The van der Waals surface area contributed by atoms with Gasteiger partial charge in [0.05, 0.1) is 5.69 Å². The van der Waals surface area contributed by atoms with Crippen molar-refractivity contribution in [3.8, 4) is 22.4 Å². The fourth-order valence-corrected chi connectivity index (χ4v) is 3.51. The highest BCUT2D eigenvalue weighted by molar-refractivity contribution is 6.30. The summed E-state index contributed by atoms with van der Waals surface area (Å²) in [5, 5.41) is 8.11. The molecule has 0 aliphatic carbocycles. The summed E-state index contributed by atoms with van der Waals surface area (Å²) in [4.78, 5) is 12.5. The Labute approximate surface area is 181 Å². The van der Waals surface area contributed by atoms with Gasteiger partial charge in [-0.05, 0) is 54.8 Å². The van der Waals surface area contributed by atoms with Crippen molar-refractivity contribution in [1.29, 1.82) is 0 Å². The van der Waals surface area contributed by atoms with Gasteiger partial charge in [-0.3, -0.25) is 9.48 Å². The molecule has 1 N–H and O–H groups in total.